The van der Waals surface area contributed by atoms with Crippen LogP contribution in [0.2, 0.25) is 5.02 Å². The van der Waals surface area contributed by atoms with Crippen LogP contribution >= 0.6 is 43.5 Å². The summed E-state index contributed by atoms with van der Waals surface area (Å²) in [5.41, 5.74) is 3.24. The van der Waals surface area contributed by atoms with Gasteiger partial charge in [0.2, 0.25) is 0 Å². The molecule has 0 aliphatic rings. The summed E-state index contributed by atoms with van der Waals surface area (Å²) in [6.07, 6.45) is 1.34. The maximum absolute atomic E-state index is 11.8. The van der Waals surface area contributed by atoms with Gasteiger partial charge >= 0.3 is 0 Å². The monoisotopic (exact) mass is 446 g/mol. The highest BCUT2D eigenvalue weighted by molar-refractivity contribution is 9.11. The highest BCUT2D eigenvalue weighted by Gasteiger charge is 2.13. The van der Waals surface area contributed by atoms with E-state index in [2.05, 4.69) is 42.4 Å². The molecule has 0 radical (unpaired) electrons. The van der Waals surface area contributed by atoms with Crippen molar-refractivity contribution in [2.45, 2.75) is 0 Å². The topological polar surface area (TPSA) is 81.9 Å². The van der Waals surface area contributed by atoms with Crippen molar-refractivity contribution in [2.24, 2.45) is 5.10 Å². The maximum atomic E-state index is 11.8. The van der Waals surface area contributed by atoms with Gasteiger partial charge in [0.1, 0.15) is 0 Å². The molecule has 0 unspecified atom stereocenters. The van der Waals surface area contributed by atoms with Crippen LogP contribution in [0.15, 0.2) is 44.4 Å². The smallest absolute Gasteiger partial charge is 0.271 e. The van der Waals surface area contributed by atoms with E-state index in [4.69, 9.17) is 11.6 Å². The van der Waals surface area contributed by atoms with E-state index in [1.54, 1.807) is 24.3 Å². The van der Waals surface area contributed by atoms with Crippen molar-refractivity contribution in [1.82, 2.24) is 5.43 Å². The fourth-order valence-electron chi connectivity index (χ4n) is 1.54. The summed E-state index contributed by atoms with van der Waals surface area (Å²) in [5.74, 6) is -1.000. The molecule has 8 heteroatoms. The minimum absolute atomic E-state index is 0.262. The Bertz CT molecular complexity index is 749. The van der Waals surface area contributed by atoms with Gasteiger partial charge in [-0.15, -0.1) is 0 Å². The lowest BCUT2D eigenvalue weighted by Crippen LogP contribution is -2.17. The van der Waals surface area contributed by atoms with E-state index >= 15 is 0 Å². The summed E-state index contributed by atoms with van der Waals surface area (Å²) in [5, 5.41) is 23.6. The summed E-state index contributed by atoms with van der Waals surface area (Å²) >= 11 is 12.0. The van der Waals surface area contributed by atoms with Crippen molar-refractivity contribution in [3.63, 3.8) is 0 Å². The molecule has 0 aliphatic heterocycles. The lowest BCUT2D eigenvalue weighted by molar-refractivity contribution is 0.0955. The van der Waals surface area contributed by atoms with E-state index in [9.17, 15) is 15.0 Å². The van der Waals surface area contributed by atoms with Crippen LogP contribution in [0.3, 0.4) is 0 Å². The first kappa shape index (κ1) is 16.8. The van der Waals surface area contributed by atoms with Crippen molar-refractivity contribution in [1.29, 1.82) is 0 Å². The molecule has 114 valence electrons. The molecule has 0 saturated carbocycles. The number of nitrogens with zero attached hydrogens (tertiary/aromatic N) is 1. The third kappa shape index (κ3) is 3.79. The van der Waals surface area contributed by atoms with Gasteiger partial charge in [-0.2, -0.15) is 5.10 Å². The third-order valence-electron chi connectivity index (χ3n) is 2.67. The lowest BCUT2D eigenvalue weighted by atomic mass is 10.2. The number of rotatable bonds is 3. The molecule has 0 fully saturated rings. The molecule has 5 nitrogen and oxygen atoms in total. The largest absolute Gasteiger partial charge is 0.503 e. The Hall–Kier alpha value is -1.57. The van der Waals surface area contributed by atoms with Crippen molar-refractivity contribution in [3.05, 3.63) is 55.4 Å². The van der Waals surface area contributed by atoms with Gasteiger partial charge in [-0.05, 0) is 62.2 Å². The Labute approximate surface area is 147 Å². The van der Waals surface area contributed by atoms with Crippen LogP contribution in [-0.4, -0.2) is 22.3 Å². The Morgan fingerprint density at radius 3 is 2.45 bits per heavy atom. The maximum Gasteiger partial charge on any atom is 0.271 e. The second kappa shape index (κ2) is 7.13. The number of hydrazone groups is 1. The standard InChI is InChI=1S/C14H9Br2ClN2O3/c15-10-5-8(11(16)13(21)12(10)20)6-18-19-14(22)7-1-3-9(17)4-2-7/h1-6,20-21H,(H,19,22)/b18-6+. The molecule has 1 amide bonds. The minimum atomic E-state index is -0.397. The van der Waals surface area contributed by atoms with Gasteiger partial charge in [0.15, 0.2) is 11.5 Å². The normalized spacial score (nSPS) is 10.9. The van der Waals surface area contributed by atoms with E-state index in [1.807, 2.05) is 0 Å². The highest BCUT2D eigenvalue weighted by atomic mass is 79.9. The van der Waals surface area contributed by atoms with E-state index < -0.39 is 5.91 Å². The fourth-order valence-corrected chi connectivity index (χ4v) is 2.51. The first-order valence-electron chi connectivity index (χ1n) is 5.89. The quantitative estimate of drug-likeness (QED) is 0.377. The molecule has 0 bridgehead atoms. The van der Waals surface area contributed by atoms with Gasteiger partial charge in [0.05, 0.1) is 15.2 Å². The average molecular weight is 448 g/mol. The third-order valence-corrected chi connectivity index (χ3v) is 4.36. The van der Waals surface area contributed by atoms with E-state index in [0.717, 1.165) is 0 Å². The van der Waals surface area contributed by atoms with Crippen LogP contribution in [0.1, 0.15) is 15.9 Å². The van der Waals surface area contributed by atoms with Gasteiger partial charge in [0, 0.05) is 16.1 Å². The summed E-state index contributed by atoms with van der Waals surface area (Å²) in [4.78, 5) is 11.8. The number of halogens is 3. The summed E-state index contributed by atoms with van der Waals surface area (Å²) in [6, 6.07) is 7.90. The fraction of sp³-hybridized carbons (Fsp3) is 0. The molecule has 22 heavy (non-hydrogen) atoms. The first-order valence-corrected chi connectivity index (χ1v) is 7.85. The number of nitrogens with one attached hydrogen (secondary N) is 1. The first-order chi connectivity index (χ1) is 10.4. The molecule has 0 aliphatic carbocycles. The van der Waals surface area contributed by atoms with Crippen molar-refractivity contribution in [2.75, 3.05) is 0 Å². The number of amides is 1. The highest BCUT2D eigenvalue weighted by Crippen LogP contribution is 2.40. The average Bonchev–Trinajstić information content (AvgIpc) is 2.50. The van der Waals surface area contributed by atoms with E-state index in [1.165, 1.54) is 12.3 Å². The predicted octanol–water partition coefficient (Wildman–Crippen LogP) is 4.04. The SMILES string of the molecule is O=C(N/N=C/c1cc(Br)c(O)c(O)c1Br)c1ccc(Cl)cc1. The zero-order valence-corrected chi connectivity index (χ0v) is 14.8. The van der Waals surface area contributed by atoms with Crippen LogP contribution in [0.5, 0.6) is 11.5 Å². The molecular formula is C14H9Br2ClN2O3. The molecule has 0 saturated heterocycles. The number of phenolic OH excluding ortho intramolecular Hbond substituents is 2. The molecule has 2 rings (SSSR count). The number of hydrogen-bond donors (Lipinski definition) is 3. The van der Waals surface area contributed by atoms with E-state index in [-0.39, 0.29) is 16.0 Å². The van der Waals surface area contributed by atoms with Gasteiger partial charge in [-0.25, -0.2) is 5.43 Å². The minimum Gasteiger partial charge on any atom is -0.503 e. The summed E-state index contributed by atoms with van der Waals surface area (Å²) in [7, 11) is 0. The Morgan fingerprint density at radius 2 is 1.82 bits per heavy atom. The van der Waals surface area contributed by atoms with Gasteiger partial charge in [0.25, 0.3) is 5.91 Å². The Kier molecular flexibility index (Phi) is 5.44. The van der Waals surface area contributed by atoms with Crippen molar-refractivity contribution >= 4 is 55.6 Å². The second-order valence-corrected chi connectivity index (χ2v) is 6.25. The number of aromatic hydroxyl groups is 2. The molecule has 0 atom stereocenters. The zero-order chi connectivity index (χ0) is 16.3. The Morgan fingerprint density at radius 1 is 1.18 bits per heavy atom. The molecule has 0 spiro atoms. The zero-order valence-electron chi connectivity index (χ0n) is 10.8. The van der Waals surface area contributed by atoms with Crippen LogP contribution < -0.4 is 5.43 Å². The van der Waals surface area contributed by atoms with Gasteiger partial charge < -0.3 is 10.2 Å². The lowest BCUT2D eigenvalue weighted by Gasteiger charge is -2.06. The summed E-state index contributed by atoms with van der Waals surface area (Å²) < 4.78 is 0.566. The summed E-state index contributed by atoms with van der Waals surface area (Å²) in [6.45, 7) is 0. The molecule has 2 aromatic rings. The van der Waals surface area contributed by atoms with Gasteiger partial charge in [-0.1, -0.05) is 11.6 Å². The Balaban J connectivity index is 2.13. The number of phenols is 2. The van der Waals surface area contributed by atoms with Gasteiger partial charge in [-0.3, -0.25) is 4.79 Å². The van der Waals surface area contributed by atoms with Crippen LogP contribution in [0.4, 0.5) is 0 Å². The van der Waals surface area contributed by atoms with Crippen LogP contribution in [-0.2, 0) is 0 Å². The van der Waals surface area contributed by atoms with Crippen molar-refractivity contribution < 1.29 is 15.0 Å². The molecule has 0 heterocycles. The van der Waals surface area contributed by atoms with Crippen LogP contribution in [0, 0.1) is 0 Å². The predicted molar refractivity (Wildman–Crippen MR) is 91.7 cm³/mol. The van der Waals surface area contributed by atoms with Crippen molar-refractivity contribution in [3.8, 4) is 11.5 Å². The molecule has 2 aromatic carbocycles. The van der Waals surface area contributed by atoms with E-state index in [0.29, 0.717) is 20.6 Å². The second-order valence-electron chi connectivity index (χ2n) is 4.16. The number of carbonyl (C=O) groups excluding carboxylic acids is 1. The number of carbonyl (C=O) groups is 1. The molecule has 0 aromatic heterocycles. The molecular weight excluding hydrogens is 439 g/mol. The molecule has 3 N–H and O–H groups in total. The van der Waals surface area contributed by atoms with Crippen LogP contribution in [0.25, 0.3) is 0 Å². The number of benzene rings is 2. The number of hydrogen-bond acceptors (Lipinski definition) is 4.